The molecule has 4 nitrogen and oxygen atoms in total. The van der Waals surface area contributed by atoms with Gasteiger partial charge < -0.3 is 5.32 Å². The Hall–Kier alpha value is -1.49. The van der Waals surface area contributed by atoms with Crippen molar-refractivity contribution < 1.29 is 9.31 Å². The highest BCUT2D eigenvalue weighted by Gasteiger charge is 2.13. The van der Waals surface area contributed by atoms with Crippen molar-refractivity contribution in [2.24, 2.45) is 5.92 Å². The Morgan fingerprint density at radius 2 is 2.06 bits per heavy atom. The first-order valence-corrected chi connectivity index (χ1v) is 6.11. The van der Waals surface area contributed by atoms with E-state index < -0.39 is 10.7 Å². The maximum Gasteiger partial charge on any atom is 0.272 e. The molecule has 0 fully saturated rings. The lowest BCUT2D eigenvalue weighted by Crippen LogP contribution is -2.32. The average molecular weight is 254 g/mol. The van der Waals surface area contributed by atoms with Crippen molar-refractivity contribution >= 4 is 5.69 Å². The van der Waals surface area contributed by atoms with E-state index in [1.54, 1.807) is 0 Å². The first-order valence-electron chi connectivity index (χ1n) is 6.11. The fourth-order valence-electron chi connectivity index (χ4n) is 1.94. The largest absolute Gasteiger partial charge is 0.310 e. The van der Waals surface area contributed by atoms with E-state index in [0.717, 1.165) is 12.5 Å². The Kier molecular flexibility index (Phi) is 5.22. The molecule has 1 unspecified atom stereocenters. The summed E-state index contributed by atoms with van der Waals surface area (Å²) in [6, 6.07) is 3.99. The SMILES string of the molecule is CCC(NCc1cc(F)cc([N+](=O)[O-])c1)C(C)C. The van der Waals surface area contributed by atoms with Gasteiger partial charge in [0, 0.05) is 18.7 Å². The number of nitrogens with zero attached hydrogens (tertiary/aromatic N) is 1. The van der Waals surface area contributed by atoms with Crippen molar-refractivity contribution in [2.45, 2.75) is 39.8 Å². The van der Waals surface area contributed by atoms with Crippen LogP contribution in [-0.4, -0.2) is 11.0 Å². The molecule has 0 aliphatic rings. The average Bonchev–Trinajstić information content (AvgIpc) is 2.28. The molecule has 0 aromatic heterocycles. The van der Waals surface area contributed by atoms with Crippen molar-refractivity contribution in [2.75, 3.05) is 0 Å². The molecule has 0 heterocycles. The summed E-state index contributed by atoms with van der Waals surface area (Å²) < 4.78 is 13.2. The van der Waals surface area contributed by atoms with Gasteiger partial charge in [-0.25, -0.2) is 4.39 Å². The van der Waals surface area contributed by atoms with Crippen LogP contribution in [0.25, 0.3) is 0 Å². The van der Waals surface area contributed by atoms with Gasteiger partial charge in [0.2, 0.25) is 0 Å². The Labute approximate surface area is 106 Å². The highest BCUT2D eigenvalue weighted by Crippen LogP contribution is 2.17. The molecular weight excluding hydrogens is 235 g/mol. The second kappa shape index (κ2) is 6.44. The minimum Gasteiger partial charge on any atom is -0.310 e. The van der Waals surface area contributed by atoms with Gasteiger partial charge in [0.1, 0.15) is 5.82 Å². The lowest BCUT2D eigenvalue weighted by Gasteiger charge is -2.20. The summed E-state index contributed by atoms with van der Waals surface area (Å²) >= 11 is 0. The highest BCUT2D eigenvalue weighted by molar-refractivity contribution is 5.35. The summed E-state index contributed by atoms with van der Waals surface area (Å²) in [5.74, 6) is -0.0999. The topological polar surface area (TPSA) is 55.2 Å². The van der Waals surface area contributed by atoms with Crippen LogP contribution in [0.15, 0.2) is 18.2 Å². The number of benzene rings is 1. The van der Waals surface area contributed by atoms with Crippen LogP contribution in [0.4, 0.5) is 10.1 Å². The van der Waals surface area contributed by atoms with Crippen LogP contribution in [0.1, 0.15) is 32.8 Å². The van der Waals surface area contributed by atoms with E-state index in [0.29, 0.717) is 24.1 Å². The maximum atomic E-state index is 13.2. The molecule has 18 heavy (non-hydrogen) atoms. The second-order valence-electron chi connectivity index (χ2n) is 4.71. The van der Waals surface area contributed by atoms with Crippen LogP contribution in [-0.2, 0) is 6.54 Å². The third-order valence-corrected chi connectivity index (χ3v) is 2.97. The van der Waals surface area contributed by atoms with Crippen molar-refractivity contribution in [3.63, 3.8) is 0 Å². The number of nitro groups is 1. The lowest BCUT2D eigenvalue weighted by molar-refractivity contribution is -0.385. The molecule has 0 aliphatic carbocycles. The number of nitro benzene ring substituents is 1. The zero-order valence-corrected chi connectivity index (χ0v) is 10.9. The molecule has 0 saturated carbocycles. The van der Waals surface area contributed by atoms with Gasteiger partial charge in [0.25, 0.3) is 5.69 Å². The molecule has 0 radical (unpaired) electrons. The smallest absolute Gasteiger partial charge is 0.272 e. The van der Waals surface area contributed by atoms with E-state index in [-0.39, 0.29) is 5.69 Å². The van der Waals surface area contributed by atoms with E-state index in [1.165, 1.54) is 12.1 Å². The Bertz CT molecular complexity index is 421. The number of hydrogen-bond donors (Lipinski definition) is 1. The van der Waals surface area contributed by atoms with Gasteiger partial charge in [0.05, 0.1) is 11.0 Å². The number of non-ortho nitro benzene ring substituents is 1. The van der Waals surface area contributed by atoms with Crippen LogP contribution in [0, 0.1) is 21.8 Å². The number of hydrogen-bond acceptors (Lipinski definition) is 3. The predicted octanol–water partition coefficient (Wildman–Crippen LogP) is 3.26. The standard InChI is InChI=1S/C13H19FN2O2/c1-4-13(9(2)3)15-8-10-5-11(14)7-12(6-10)16(17)18/h5-7,9,13,15H,4,8H2,1-3H3. The minimum atomic E-state index is -0.577. The molecule has 100 valence electrons. The first kappa shape index (κ1) is 14.6. The summed E-state index contributed by atoms with van der Waals surface area (Å²) in [6.07, 6.45) is 0.967. The molecule has 1 atom stereocenters. The number of rotatable bonds is 6. The summed E-state index contributed by atoms with van der Waals surface area (Å²) in [5, 5.41) is 13.9. The number of nitrogens with one attached hydrogen (secondary N) is 1. The van der Waals surface area contributed by atoms with Gasteiger partial charge >= 0.3 is 0 Å². The Morgan fingerprint density at radius 3 is 2.56 bits per heavy atom. The number of halogens is 1. The van der Waals surface area contributed by atoms with E-state index in [2.05, 4.69) is 26.1 Å². The second-order valence-corrected chi connectivity index (χ2v) is 4.71. The van der Waals surface area contributed by atoms with Crippen molar-refractivity contribution in [3.05, 3.63) is 39.7 Å². The van der Waals surface area contributed by atoms with Crippen molar-refractivity contribution in [1.29, 1.82) is 0 Å². The molecule has 1 aromatic rings. The quantitative estimate of drug-likeness (QED) is 0.626. The molecule has 0 bridgehead atoms. The summed E-state index contributed by atoms with van der Waals surface area (Å²) in [6.45, 7) is 6.73. The molecule has 1 N–H and O–H groups in total. The van der Waals surface area contributed by atoms with Crippen molar-refractivity contribution in [1.82, 2.24) is 5.32 Å². The molecule has 1 aromatic carbocycles. The van der Waals surface area contributed by atoms with Gasteiger partial charge in [-0.15, -0.1) is 0 Å². The van der Waals surface area contributed by atoms with Crippen LogP contribution < -0.4 is 5.32 Å². The maximum absolute atomic E-state index is 13.2. The zero-order valence-electron chi connectivity index (χ0n) is 10.9. The van der Waals surface area contributed by atoms with Crippen LogP contribution >= 0.6 is 0 Å². The fourth-order valence-corrected chi connectivity index (χ4v) is 1.94. The van der Waals surface area contributed by atoms with Crippen molar-refractivity contribution in [3.8, 4) is 0 Å². The molecular formula is C13H19FN2O2. The van der Waals surface area contributed by atoms with Gasteiger partial charge in [-0.3, -0.25) is 10.1 Å². The van der Waals surface area contributed by atoms with E-state index in [1.807, 2.05) is 0 Å². The molecule has 0 saturated heterocycles. The third-order valence-electron chi connectivity index (χ3n) is 2.97. The molecule has 0 spiro atoms. The third kappa shape index (κ3) is 4.07. The van der Waals surface area contributed by atoms with E-state index in [4.69, 9.17) is 0 Å². The summed E-state index contributed by atoms with van der Waals surface area (Å²) in [4.78, 5) is 10.0. The minimum absolute atomic E-state index is 0.204. The Morgan fingerprint density at radius 1 is 1.39 bits per heavy atom. The van der Waals surface area contributed by atoms with Crippen LogP contribution in [0.5, 0.6) is 0 Å². The predicted molar refractivity (Wildman–Crippen MR) is 68.8 cm³/mol. The van der Waals surface area contributed by atoms with E-state index in [9.17, 15) is 14.5 Å². The first-order chi connectivity index (χ1) is 8.43. The summed E-state index contributed by atoms with van der Waals surface area (Å²) in [5.41, 5.74) is 0.394. The monoisotopic (exact) mass is 254 g/mol. The lowest BCUT2D eigenvalue weighted by atomic mass is 10.0. The summed E-state index contributed by atoms with van der Waals surface area (Å²) in [7, 11) is 0. The van der Waals surface area contributed by atoms with Gasteiger partial charge in [-0.05, 0) is 24.0 Å². The molecule has 0 amide bonds. The zero-order chi connectivity index (χ0) is 13.7. The fraction of sp³-hybridized carbons (Fsp3) is 0.538. The van der Waals surface area contributed by atoms with Gasteiger partial charge in [-0.1, -0.05) is 20.8 Å². The molecule has 0 aliphatic heterocycles. The Balaban J connectivity index is 2.75. The van der Waals surface area contributed by atoms with Crippen LogP contribution in [0.2, 0.25) is 0 Å². The van der Waals surface area contributed by atoms with Crippen LogP contribution in [0.3, 0.4) is 0 Å². The van der Waals surface area contributed by atoms with Gasteiger partial charge in [0.15, 0.2) is 0 Å². The highest BCUT2D eigenvalue weighted by atomic mass is 19.1. The normalized spacial score (nSPS) is 12.7. The van der Waals surface area contributed by atoms with Gasteiger partial charge in [-0.2, -0.15) is 0 Å². The molecule has 5 heteroatoms. The molecule has 1 rings (SSSR count). The van der Waals surface area contributed by atoms with E-state index >= 15 is 0 Å².